The molecular weight excluding hydrogens is 210 g/mol. The molecule has 1 heterocycles. The number of unbranched alkanes of at least 4 members (excludes halogenated alkanes) is 1. The number of aliphatic hydroxyl groups excluding tert-OH is 1. The van der Waals surface area contributed by atoms with Crippen molar-refractivity contribution in [3.8, 4) is 0 Å². The minimum atomic E-state index is -0.348. The van der Waals surface area contributed by atoms with Crippen LogP contribution >= 0.6 is 11.6 Å². The number of halogens is 1. The highest BCUT2D eigenvalue weighted by molar-refractivity contribution is 6.18. The molecular formula is C12H24ClNO. The standard InChI is InChI=1S/C12H24ClNO/c1-2-3-4-11-5-7-14(8-6-11)10-12(15)9-13/h11-12,15H,2-10H2,1H3. The number of likely N-dealkylation sites (tertiary alicyclic amines) is 1. The molecule has 15 heavy (non-hydrogen) atoms. The molecule has 0 bridgehead atoms. The van der Waals surface area contributed by atoms with E-state index in [1.54, 1.807) is 0 Å². The molecule has 3 heteroatoms. The first-order chi connectivity index (χ1) is 7.26. The van der Waals surface area contributed by atoms with Crippen LogP contribution in [-0.2, 0) is 0 Å². The summed E-state index contributed by atoms with van der Waals surface area (Å²) in [5.41, 5.74) is 0. The van der Waals surface area contributed by atoms with Crippen LogP contribution in [0.3, 0.4) is 0 Å². The van der Waals surface area contributed by atoms with Crippen molar-refractivity contribution in [3.05, 3.63) is 0 Å². The molecule has 0 saturated carbocycles. The van der Waals surface area contributed by atoms with Gasteiger partial charge in [0, 0.05) is 12.4 Å². The van der Waals surface area contributed by atoms with Gasteiger partial charge in [0.25, 0.3) is 0 Å². The second kappa shape index (κ2) is 7.48. The smallest absolute Gasteiger partial charge is 0.0802 e. The van der Waals surface area contributed by atoms with Gasteiger partial charge in [-0.15, -0.1) is 11.6 Å². The summed E-state index contributed by atoms with van der Waals surface area (Å²) in [7, 11) is 0. The third-order valence-corrected chi connectivity index (χ3v) is 3.68. The Bertz CT molecular complexity index is 158. The molecule has 0 radical (unpaired) electrons. The molecule has 1 unspecified atom stereocenters. The van der Waals surface area contributed by atoms with Gasteiger partial charge in [-0.2, -0.15) is 0 Å². The van der Waals surface area contributed by atoms with Crippen molar-refractivity contribution in [2.45, 2.75) is 45.1 Å². The van der Waals surface area contributed by atoms with Crippen LogP contribution in [-0.4, -0.2) is 41.6 Å². The highest BCUT2D eigenvalue weighted by atomic mass is 35.5. The van der Waals surface area contributed by atoms with Crippen molar-refractivity contribution in [3.63, 3.8) is 0 Å². The second-order valence-electron chi connectivity index (χ2n) is 4.69. The van der Waals surface area contributed by atoms with Crippen molar-refractivity contribution in [2.75, 3.05) is 25.5 Å². The van der Waals surface area contributed by atoms with Gasteiger partial charge in [-0.3, -0.25) is 0 Å². The summed E-state index contributed by atoms with van der Waals surface area (Å²) in [5.74, 6) is 1.28. The van der Waals surface area contributed by atoms with Crippen LogP contribution in [0, 0.1) is 5.92 Å². The molecule has 1 rings (SSSR count). The van der Waals surface area contributed by atoms with Crippen LogP contribution < -0.4 is 0 Å². The predicted octanol–water partition coefficient (Wildman–Crippen LogP) is 2.49. The molecule has 1 aliphatic rings. The van der Waals surface area contributed by atoms with Gasteiger partial charge in [-0.1, -0.05) is 26.2 Å². The number of β-amino-alcohol motifs (C(OH)–C–C–N with tert-alkyl or cyclic N) is 1. The molecule has 2 nitrogen and oxygen atoms in total. The lowest BCUT2D eigenvalue weighted by Crippen LogP contribution is -2.39. The second-order valence-corrected chi connectivity index (χ2v) is 5.00. The highest BCUT2D eigenvalue weighted by Gasteiger charge is 2.19. The first kappa shape index (κ1) is 13.3. The summed E-state index contributed by atoms with van der Waals surface area (Å²) in [5, 5.41) is 9.44. The first-order valence-electron chi connectivity index (χ1n) is 6.22. The summed E-state index contributed by atoms with van der Waals surface area (Å²) in [4.78, 5) is 2.34. The zero-order valence-electron chi connectivity index (χ0n) is 9.79. The lowest BCUT2D eigenvalue weighted by molar-refractivity contribution is 0.0999. The minimum absolute atomic E-state index is 0.348. The Hall–Kier alpha value is 0.210. The van der Waals surface area contributed by atoms with Gasteiger partial charge in [-0.25, -0.2) is 0 Å². The Labute approximate surface area is 98.6 Å². The van der Waals surface area contributed by atoms with E-state index >= 15 is 0 Å². The van der Waals surface area contributed by atoms with Crippen molar-refractivity contribution in [1.29, 1.82) is 0 Å². The molecule has 0 spiro atoms. The van der Waals surface area contributed by atoms with Gasteiger partial charge < -0.3 is 10.0 Å². The highest BCUT2D eigenvalue weighted by Crippen LogP contribution is 2.22. The molecule has 0 aromatic carbocycles. The van der Waals surface area contributed by atoms with Crippen LogP contribution in [0.25, 0.3) is 0 Å². The van der Waals surface area contributed by atoms with E-state index in [-0.39, 0.29) is 6.10 Å². The van der Waals surface area contributed by atoms with E-state index in [0.717, 1.165) is 25.6 Å². The molecule has 90 valence electrons. The molecule has 0 aliphatic carbocycles. The maximum absolute atomic E-state index is 9.44. The van der Waals surface area contributed by atoms with Crippen LogP contribution in [0.4, 0.5) is 0 Å². The molecule has 0 amide bonds. The minimum Gasteiger partial charge on any atom is -0.391 e. The van der Waals surface area contributed by atoms with Crippen LogP contribution in [0.2, 0.25) is 0 Å². The number of alkyl halides is 1. The summed E-state index contributed by atoms with van der Waals surface area (Å²) in [6.07, 6.45) is 6.32. The number of aliphatic hydroxyl groups is 1. The van der Waals surface area contributed by atoms with Crippen LogP contribution in [0.15, 0.2) is 0 Å². The summed E-state index contributed by atoms with van der Waals surface area (Å²) in [6, 6.07) is 0. The molecule has 1 aliphatic heterocycles. The summed E-state index contributed by atoms with van der Waals surface area (Å²) < 4.78 is 0. The monoisotopic (exact) mass is 233 g/mol. The Morgan fingerprint density at radius 1 is 1.40 bits per heavy atom. The first-order valence-corrected chi connectivity index (χ1v) is 6.76. The van der Waals surface area contributed by atoms with Crippen molar-refractivity contribution >= 4 is 11.6 Å². The van der Waals surface area contributed by atoms with Crippen LogP contribution in [0.5, 0.6) is 0 Å². The Morgan fingerprint density at radius 2 is 2.07 bits per heavy atom. The van der Waals surface area contributed by atoms with Gasteiger partial charge in [0.1, 0.15) is 0 Å². The summed E-state index contributed by atoms with van der Waals surface area (Å²) in [6.45, 7) is 5.29. The zero-order chi connectivity index (χ0) is 11.1. The van der Waals surface area contributed by atoms with E-state index in [2.05, 4.69) is 11.8 Å². The molecule has 1 fully saturated rings. The fourth-order valence-corrected chi connectivity index (χ4v) is 2.39. The van der Waals surface area contributed by atoms with Gasteiger partial charge >= 0.3 is 0 Å². The molecule has 1 saturated heterocycles. The van der Waals surface area contributed by atoms with E-state index in [1.807, 2.05) is 0 Å². The fraction of sp³-hybridized carbons (Fsp3) is 1.00. The van der Waals surface area contributed by atoms with Crippen molar-refractivity contribution in [2.24, 2.45) is 5.92 Å². The SMILES string of the molecule is CCCCC1CCN(CC(O)CCl)CC1. The lowest BCUT2D eigenvalue weighted by atomic mass is 9.91. The van der Waals surface area contributed by atoms with E-state index < -0.39 is 0 Å². The van der Waals surface area contributed by atoms with E-state index in [1.165, 1.54) is 32.1 Å². The number of rotatable bonds is 6. The Morgan fingerprint density at radius 3 is 2.60 bits per heavy atom. The third kappa shape index (κ3) is 5.19. The van der Waals surface area contributed by atoms with Crippen molar-refractivity contribution < 1.29 is 5.11 Å². The van der Waals surface area contributed by atoms with Crippen molar-refractivity contribution in [1.82, 2.24) is 4.90 Å². The predicted molar refractivity (Wildman–Crippen MR) is 65.4 cm³/mol. The third-order valence-electron chi connectivity index (χ3n) is 3.32. The van der Waals surface area contributed by atoms with Crippen LogP contribution in [0.1, 0.15) is 39.0 Å². The average molecular weight is 234 g/mol. The Balaban J connectivity index is 2.12. The quantitative estimate of drug-likeness (QED) is 0.713. The van der Waals surface area contributed by atoms with E-state index in [9.17, 15) is 5.11 Å². The van der Waals surface area contributed by atoms with Gasteiger partial charge in [0.05, 0.1) is 6.10 Å². The van der Waals surface area contributed by atoms with E-state index in [4.69, 9.17) is 11.6 Å². The topological polar surface area (TPSA) is 23.5 Å². The molecule has 1 N–H and O–H groups in total. The van der Waals surface area contributed by atoms with Gasteiger partial charge in [0.2, 0.25) is 0 Å². The number of piperidine rings is 1. The maximum Gasteiger partial charge on any atom is 0.0802 e. The number of hydrogen-bond donors (Lipinski definition) is 1. The zero-order valence-corrected chi connectivity index (χ0v) is 10.5. The van der Waals surface area contributed by atoms with Gasteiger partial charge in [0.15, 0.2) is 0 Å². The Kier molecular flexibility index (Phi) is 6.62. The van der Waals surface area contributed by atoms with E-state index in [0.29, 0.717) is 5.88 Å². The normalized spacial score (nSPS) is 21.8. The largest absolute Gasteiger partial charge is 0.391 e. The summed E-state index contributed by atoms with van der Waals surface area (Å²) >= 11 is 5.59. The lowest BCUT2D eigenvalue weighted by Gasteiger charge is -2.32. The molecule has 0 aromatic heterocycles. The number of nitrogens with zero attached hydrogens (tertiary/aromatic N) is 1. The molecule has 1 atom stereocenters. The molecule has 0 aromatic rings. The maximum atomic E-state index is 9.44. The average Bonchev–Trinajstić information content (AvgIpc) is 2.28. The number of hydrogen-bond acceptors (Lipinski definition) is 2. The van der Waals surface area contributed by atoms with Gasteiger partial charge in [-0.05, 0) is 31.8 Å². The fourth-order valence-electron chi connectivity index (χ4n) is 2.30.